The summed E-state index contributed by atoms with van der Waals surface area (Å²) in [6.45, 7) is 1.95. The van der Waals surface area contributed by atoms with Gasteiger partial charge >= 0.3 is 0 Å². The van der Waals surface area contributed by atoms with Gasteiger partial charge in [0.25, 0.3) is 0 Å². The van der Waals surface area contributed by atoms with Crippen molar-refractivity contribution in [1.29, 1.82) is 0 Å². The van der Waals surface area contributed by atoms with Crippen LogP contribution in [0.5, 0.6) is 0 Å². The predicted octanol–water partition coefficient (Wildman–Crippen LogP) is 4.47. The maximum Gasteiger partial charge on any atom is 0.174 e. The third-order valence-corrected chi connectivity index (χ3v) is 4.64. The molecule has 2 heteroatoms. The Morgan fingerprint density at radius 3 is 2.33 bits per heavy atom. The van der Waals surface area contributed by atoms with Gasteiger partial charge in [-0.1, -0.05) is 49.6 Å². The highest BCUT2D eigenvalue weighted by molar-refractivity contribution is 6.04. The zero-order valence-corrected chi connectivity index (χ0v) is 12.5. The topological polar surface area (TPSA) is 30.0 Å². The van der Waals surface area contributed by atoms with Gasteiger partial charge in [-0.3, -0.25) is 9.78 Å². The Kier molecular flexibility index (Phi) is 3.87. The van der Waals surface area contributed by atoms with Crippen LogP contribution in [0.3, 0.4) is 0 Å². The first kappa shape index (κ1) is 14.0. The molecule has 0 aliphatic heterocycles. The number of hydrogen-bond donors (Lipinski definition) is 0. The summed E-state index contributed by atoms with van der Waals surface area (Å²) in [7, 11) is 0. The van der Waals surface area contributed by atoms with Crippen LogP contribution in [0.2, 0.25) is 0 Å². The predicted molar refractivity (Wildman–Crippen MR) is 84.5 cm³/mol. The van der Waals surface area contributed by atoms with Crippen LogP contribution in [0.1, 0.15) is 53.7 Å². The number of carbonyl (C=O) groups is 1. The van der Waals surface area contributed by atoms with Gasteiger partial charge in [0.1, 0.15) is 0 Å². The van der Waals surface area contributed by atoms with Crippen LogP contribution in [0.25, 0.3) is 0 Å². The van der Waals surface area contributed by atoms with Crippen molar-refractivity contribution < 1.29 is 4.79 Å². The van der Waals surface area contributed by atoms with Crippen molar-refractivity contribution >= 4 is 5.78 Å². The Bertz CT molecular complexity index is 610. The number of hydrogen-bond acceptors (Lipinski definition) is 2. The average molecular weight is 279 g/mol. The molecule has 0 radical (unpaired) electrons. The van der Waals surface area contributed by atoms with Gasteiger partial charge < -0.3 is 0 Å². The Morgan fingerprint density at radius 1 is 1.00 bits per heavy atom. The van der Waals surface area contributed by atoms with Crippen LogP contribution in [-0.2, 0) is 5.41 Å². The lowest BCUT2D eigenvalue weighted by molar-refractivity contribution is 0.0839. The lowest BCUT2D eigenvalue weighted by Gasteiger charge is -2.36. The van der Waals surface area contributed by atoms with Gasteiger partial charge in [0, 0.05) is 17.5 Å². The molecule has 3 rings (SSSR count). The van der Waals surface area contributed by atoms with E-state index < -0.39 is 0 Å². The number of ketones is 1. The van der Waals surface area contributed by atoms with Crippen LogP contribution in [0.15, 0.2) is 48.7 Å². The summed E-state index contributed by atoms with van der Waals surface area (Å²) in [4.78, 5) is 17.5. The van der Waals surface area contributed by atoms with E-state index in [-0.39, 0.29) is 11.2 Å². The number of benzene rings is 1. The average Bonchev–Trinajstić information content (AvgIpc) is 2.56. The Hall–Kier alpha value is -1.96. The fraction of sp³-hybridized carbons (Fsp3) is 0.368. The van der Waals surface area contributed by atoms with Gasteiger partial charge in [-0.2, -0.15) is 0 Å². The molecule has 1 saturated carbocycles. The summed E-state index contributed by atoms with van der Waals surface area (Å²) in [5.74, 6) is 0.237. The van der Waals surface area contributed by atoms with Gasteiger partial charge in [0.15, 0.2) is 5.78 Å². The molecule has 108 valence electrons. The third kappa shape index (κ3) is 2.63. The first-order valence-electron chi connectivity index (χ1n) is 7.75. The summed E-state index contributed by atoms with van der Waals surface area (Å²) in [6.07, 6.45) is 7.11. The van der Waals surface area contributed by atoms with E-state index in [9.17, 15) is 4.79 Å². The quantitative estimate of drug-likeness (QED) is 0.776. The zero-order valence-electron chi connectivity index (χ0n) is 12.5. The van der Waals surface area contributed by atoms with Crippen molar-refractivity contribution in [3.05, 3.63) is 65.5 Å². The lowest BCUT2D eigenvalue weighted by atomic mass is 9.65. The van der Waals surface area contributed by atoms with Crippen molar-refractivity contribution in [2.45, 2.75) is 44.4 Å². The van der Waals surface area contributed by atoms with E-state index in [1.807, 2.05) is 37.3 Å². The van der Waals surface area contributed by atoms with Crippen LogP contribution in [0.4, 0.5) is 0 Å². The summed E-state index contributed by atoms with van der Waals surface area (Å²) in [5, 5.41) is 0. The minimum absolute atomic E-state index is 0.237. The molecule has 2 aromatic rings. The molecule has 1 aliphatic rings. The SMILES string of the molecule is Cc1ccc(C(=O)C2(c3ccccc3)CCCCC2)cn1. The van der Waals surface area contributed by atoms with Crippen LogP contribution in [0, 0.1) is 6.92 Å². The summed E-state index contributed by atoms with van der Waals surface area (Å²) >= 11 is 0. The van der Waals surface area contributed by atoms with Crippen molar-refractivity contribution in [2.24, 2.45) is 0 Å². The first-order chi connectivity index (χ1) is 10.2. The number of pyridine rings is 1. The Balaban J connectivity index is 2.03. The second kappa shape index (κ2) is 5.80. The van der Waals surface area contributed by atoms with Gasteiger partial charge in [-0.15, -0.1) is 0 Å². The van der Waals surface area contributed by atoms with Crippen molar-refractivity contribution in [3.63, 3.8) is 0 Å². The van der Waals surface area contributed by atoms with E-state index in [2.05, 4.69) is 17.1 Å². The first-order valence-corrected chi connectivity index (χ1v) is 7.75. The highest BCUT2D eigenvalue weighted by Crippen LogP contribution is 2.41. The summed E-state index contributed by atoms with van der Waals surface area (Å²) < 4.78 is 0. The molecule has 0 atom stereocenters. The summed E-state index contributed by atoms with van der Waals surface area (Å²) in [6, 6.07) is 14.1. The molecule has 1 aromatic carbocycles. The third-order valence-electron chi connectivity index (χ3n) is 4.64. The molecular weight excluding hydrogens is 258 g/mol. The fourth-order valence-corrected chi connectivity index (χ4v) is 3.44. The molecule has 1 fully saturated rings. The normalized spacial score (nSPS) is 17.4. The van der Waals surface area contributed by atoms with Crippen LogP contribution >= 0.6 is 0 Å². The smallest absolute Gasteiger partial charge is 0.174 e. The number of aryl methyl sites for hydroxylation is 1. The monoisotopic (exact) mass is 279 g/mol. The molecule has 0 bridgehead atoms. The van der Waals surface area contributed by atoms with E-state index in [1.54, 1.807) is 6.20 Å². The molecule has 2 nitrogen and oxygen atoms in total. The second-order valence-corrected chi connectivity index (χ2v) is 6.03. The van der Waals surface area contributed by atoms with Gasteiger partial charge in [0.2, 0.25) is 0 Å². The molecule has 21 heavy (non-hydrogen) atoms. The highest BCUT2D eigenvalue weighted by Gasteiger charge is 2.41. The van der Waals surface area contributed by atoms with E-state index >= 15 is 0 Å². The lowest BCUT2D eigenvalue weighted by Crippen LogP contribution is -2.38. The van der Waals surface area contributed by atoms with E-state index in [0.29, 0.717) is 0 Å². The Labute approximate surface area is 126 Å². The van der Waals surface area contributed by atoms with Gasteiger partial charge in [0.05, 0.1) is 5.41 Å². The molecule has 1 aromatic heterocycles. The van der Waals surface area contributed by atoms with Crippen molar-refractivity contribution in [1.82, 2.24) is 4.98 Å². The van der Waals surface area contributed by atoms with E-state index in [4.69, 9.17) is 0 Å². The maximum absolute atomic E-state index is 13.2. The van der Waals surface area contributed by atoms with Gasteiger partial charge in [-0.25, -0.2) is 0 Å². The molecule has 0 amide bonds. The van der Waals surface area contributed by atoms with Crippen molar-refractivity contribution in [3.8, 4) is 0 Å². The van der Waals surface area contributed by atoms with Crippen LogP contribution in [-0.4, -0.2) is 10.8 Å². The Morgan fingerprint density at radius 2 is 1.71 bits per heavy atom. The molecule has 0 N–H and O–H groups in total. The van der Waals surface area contributed by atoms with E-state index in [1.165, 1.54) is 6.42 Å². The maximum atomic E-state index is 13.2. The number of Topliss-reactive ketones (excluding diaryl/α,β-unsaturated/α-hetero) is 1. The number of carbonyl (C=O) groups excluding carboxylic acids is 1. The molecule has 1 heterocycles. The number of aromatic nitrogens is 1. The number of nitrogens with zero attached hydrogens (tertiary/aromatic N) is 1. The summed E-state index contributed by atoms with van der Waals surface area (Å²) in [5.41, 5.74) is 2.50. The fourth-order valence-electron chi connectivity index (χ4n) is 3.44. The van der Waals surface area contributed by atoms with Crippen molar-refractivity contribution in [2.75, 3.05) is 0 Å². The largest absolute Gasteiger partial charge is 0.293 e. The standard InChI is InChI=1S/C19H21NO/c1-15-10-11-16(14-20-15)18(21)19(12-6-3-7-13-19)17-8-4-2-5-9-17/h2,4-5,8-11,14H,3,6-7,12-13H2,1H3. The van der Waals surface area contributed by atoms with Gasteiger partial charge in [-0.05, 0) is 37.5 Å². The number of rotatable bonds is 3. The van der Waals surface area contributed by atoms with Crippen LogP contribution < -0.4 is 0 Å². The highest BCUT2D eigenvalue weighted by atomic mass is 16.1. The molecule has 0 spiro atoms. The molecule has 1 aliphatic carbocycles. The molecular formula is C19H21NO. The minimum Gasteiger partial charge on any atom is -0.293 e. The zero-order chi connectivity index (χ0) is 14.7. The minimum atomic E-state index is -0.351. The van der Waals surface area contributed by atoms with E-state index in [0.717, 1.165) is 42.5 Å². The molecule has 0 saturated heterocycles. The second-order valence-electron chi connectivity index (χ2n) is 6.03. The molecule has 0 unspecified atom stereocenters.